The minimum atomic E-state index is -0.730. The fraction of sp³-hybridized carbons (Fsp3) is 0.265. The van der Waals surface area contributed by atoms with Gasteiger partial charge < -0.3 is 9.64 Å². The molecular weight excluding hydrogens is 619 g/mol. The Kier molecular flexibility index (Phi) is 7.84. The number of carbonyl (C=O) groups excluding carboxylic acids is 2. The van der Waals surface area contributed by atoms with Crippen LogP contribution in [0.15, 0.2) is 79.4 Å². The average Bonchev–Trinajstić information content (AvgIpc) is 3.70. The number of rotatable bonds is 5. The number of carbonyl (C=O) groups is 2. The van der Waals surface area contributed by atoms with Crippen molar-refractivity contribution in [1.82, 2.24) is 34.8 Å². The largest absolute Gasteiger partial charge is 0.444 e. The molecule has 11 nitrogen and oxygen atoms in total. The number of likely N-dealkylation sites (tertiary alicyclic amines) is 1. The molecule has 1 aliphatic rings. The molecule has 2 amide bonds. The Morgan fingerprint density at radius 3 is 2.64 bits per heavy atom. The summed E-state index contributed by atoms with van der Waals surface area (Å²) in [6.07, 6.45) is 7.47. The van der Waals surface area contributed by atoms with Crippen LogP contribution in [-0.2, 0) is 4.74 Å². The first-order chi connectivity index (χ1) is 22.7. The summed E-state index contributed by atoms with van der Waals surface area (Å²) in [6, 6.07) is 15.1. The van der Waals surface area contributed by atoms with Crippen LogP contribution in [-0.4, -0.2) is 71.6 Å². The molecule has 1 aromatic carbocycles. The van der Waals surface area contributed by atoms with Gasteiger partial charge in [-0.15, -0.1) is 16.4 Å². The Balaban J connectivity index is 1.30. The molecular formula is C34H31FN8O3S. The molecule has 0 saturated carbocycles. The van der Waals surface area contributed by atoms with Crippen molar-refractivity contribution < 1.29 is 18.7 Å². The molecule has 6 aromatic rings. The van der Waals surface area contributed by atoms with E-state index in [1.807, 2.05) is 45.0 Å². The maximum atomic E-state index is 16.0. The molecule has 1 aliphatic heterocycles. The molecule has 0 radical (unpaired) electrons. The standard InChI is InChI=1S/C34H31FN8O3S/c1-34(2,3)46-33(45)41-17-5-6-23(20-41)42(30-25-19-29(21-10-14-36-15-11-21)47-28(25)12-16-38-30)32(44)24-9-8-22(18-26(24)35)43-31-27(39-40-43)7-4-13-37-31/h4,7-16,18-19,23H,5-6,17,20H2,1-3H3/t23-/m1/s1. The van der Waals surface area contributed by atoms with Gasteiger partial charge in [0, 0.05) is 58.9 Å². The van der Waals surface area contributed by atoms with Crippen LogP contribution in [0.3, 0.4) is 0 Å². The predicted molar refractivity (Wildman–Crippen MR) is 177 cm³/mol. The molecule has 0 bridgehead atoms. The maximum Gasteiger partial charge on any atom is 0.410 e. The second-order valence-electron chi connectivity index (χ2n) is 12.3. The third-order valence-electron chi connectivity index (χ3n) is 7.89. The van der Waals surface area contributed by atoms with Crippen molar-refractivity contribution in [2.75, 3.05) is 18.0 Å². The van der Waals surface area contributed by atoms with Crippen molar-refractivity contribution in [1.29, 1.82) is 0 Å². The molecule has 47 heavy (non-hydrogen) atoms. The van der Waals surface area contributed by atoms with Crippen molar-refractivity contribution in [3.8, 4) is 16.1 Å². The van der Waals surface area contributed by atoms with E-state index in [-0.39, 0.29) is 12.1 Å². The average molecular weight is 651 g/mol. The number of piperidine rings is 1. The highest BCUT2D eigenvalue weighted by Crippen LogP contribution is 2.39. The molecule has 6 heterocycles. The highest BCUT2D eigenvalue weighted by Gasteiger charge is 2.36. The Hall–Kier alpha value is -5.30. The van der Waals surface area contributed by atoms with Crippen LogP contribution < -0.4 is 4.90 Å². The highest BCUT2D eigenvalue weighted by atomic mass is 32.1. The van der Waals surface area contributed by atoms with Crippen LogP contribution in [0.25, 0.3) is 37.4 Å². The van der Waals surface area contributed by atoms with Gasteiger partial charge in [0.1, 0.15) is 22.8 Å². The van der Waals surface area contributed by atoms with Crippen molar-refractivity contribution in [2.45, 2.75) is 45.3 Å². The van der Waals surface area contributed by atoms with Crippen molar-refractivity contribution in [3.05, 3.63) is 90.8 Å². The van der Waals surface area contributed by atoms with Gasteiger partial charge in [-0.3, -0.25) is 14.7 Å². The normalized spacial score (nSPS) is 15.2. The summed E-state index contributed by atoms with van der Waals surface area (Å²) in [5.41, 5.74) is 1.57. The second kappa shape index (κ2) is 12.1. The van der Waals surface area contributed by atoms with Crippen LogP contribution in [0.5, 0.6) is 0 Å². The van der Waals surface area contributed by atoms with Gasteiger partial charge >= 0.3 is 6.09 Å². The maximum absolute atomic E-state index is 16.0. The van der Waals surface area contributed by atoms with Crippen LogP contribution in [0.4, 0.5) is 15.0 Å². The number of amides is 2. The Labute approximate surface area is 273 Å². The number of fused-ring (bicyclic) bond motifs is 2. The van der Waals surface area contributed by atoms with Gasteiger partial charge in [-0.2, -0.15) is 4.68 Å². The van der Waals surface area contributed by atoms with E-state index in [9.17, 15) is 9.59 Å². The Morgan fingerprint density at radius 2 is 1.85 bits per heavy atom. The number of hydrogen-bond donors (Lipinski definition) is 0. The molecule has 0 unspecified atom stereocenters. The van der Waals surface area contributed by atoms with Crippen LogP contribution in [0, 0.1) is 5.82 Å². The number of hydrogen-bond acceptors (Lipinski definition) is 9. The van der Waals surface area contributed by atoms with Crippen molar-refractivity contribution in [2.24, 2.45) is 0 Å². The SMILES string of the molecule is CC(C)(C)OC(=O)N1CCC[C@@H](N(C(=O)c2ccc(-n3nnc4cccnc43)cc2F)c2nccc3sc(-c4ccncc4)cc23)C1. The number of aromatic nitrogens is 6. The van der Waals surface area contributed by atoms with Crippen LogP contribution >= 0.6 is 11.3 Å². The lowest BCUT2D eigenvalue weighted by molar-refractivity contribution is 0.0196. The van der Waals surface area contributed by atoms with Crippen LogP contribution in [0.1, 0.15) is 44.0 Å². The van der Waals surface area contributed by atoms with E-state index in [1.165, 1.54) is 16.8 Å². The summed E-state index contributed by atoms with van der Waals surface area (Å²) in [4.78, 5) is 45.0. The van der Waals surface area contributed by atoms with Crippen molar-refractivity contribution >= 4 is 50.4 Å². The molecule has 0 aliphatic carbocycles. The fourth-order valence-corrected chi connectivity index (χ4v) is 6.83. The first kappa shape index (κ1) is 30.4. The van der Waals surface area contributed by atoms with Gasteiger partial charge in [-0.25, -0.2) is 19.2 Å². The van der Waals surface area contributed by atoms with Gasteiger partial charge in [-0.1, -0.05) is 5.21 Å². The van der Waals surface area contributed by atoms with E-state index in [0.717, 1.165) is 20.5 Å². The lowest BCUT2D eigenvalue weighted by Gasteiger charge is -2.39. The number of benzene rings is 1. The molecule has 5 aromatic heterocycles. The molecule has 7 rings (SSSR count). The van der Waals surface area contributed by atoms with Gasteiger partial charge in [0.2, 0.25) is 0 Å². The molecule has 0 spiro atoms. The first-order valence-electron chi connectivity index (χ1n) is 15.2. The summed E-state index contributed by atoms with van der Waals surface area (Å²) in [5, 5.41) is 8.99. The van der Waals surface area contributed by atoms with Gasteiger partial charge in [-0.05, 0) is 87.7 Å². The van der Waals surface area contributed by atoms with Gasteiger partial charge in [0.05, 0.1) is 17.3 Å². The number of ether oxygens (including phenoxy) is 1. The molecule has 238 valence electrons. The summed E-state index contributed by atoms with van der Waals surface area (Å²) in [6.45, 7) is 6.13. The third-order valence-corrected chi connectivity index (χ3v) is 9.04. The zero-order chi connectivity index (χ0) is 32.7. The summed E-state index contributed by atoms with van der Waals surface area (Å²) in [7, 11) is 0. The minimum absolute atomic E-state index is 0.135. The van der Waals surface area contributed by atoms with Crippen molar-refractivity contribution in [3.63, 3.8) is 0 Å². The molecule has 0 N–H and O–H groups in total. The number of thiophene rings is 1. The number of halogens is 1. The van der Waals surface area contributed by atoms with E-state index < -0.39 is 29.5 Å². The van der Waals surface area contributed by atoms with E-state index in [4.69, 9.17) is 9.72 Å². The summed E-state index contributed by atoms with van der Waals surface area (Å²) in [5.74, 6) is -0.898. The van der Waals surface area contributed by atoms with Gasteiger partial charge in [0.25, 0.3) is 5.91 Å². The minimum Gasteiger partial charge on any atom is -0.444 e. The predicted octanol–water partition coefficient (Wildman–Crippen LogP) is 6.67. The first-order valence-corrected chi connectivity index (χ1v) is 16.0. The molecule has 13 heteroatoms. The number of anilines is 1. The Bertz CT molecular complexity index is 2110. The fourth-order valence-electron chi connectivity index (χ4n) is 5.77. The summed E-state index contributed by atoms with van der Waals surface area (Å²) < 4.78 is 24.0. The van der Waals surface area contributed by atoms with E-state index in [0.29, 0.717) is 42.1 Å². The number of pyridine rings is 3. The third kappa shape index (κ3) is 6.01. The monoisotopic (exact) mass is 650 g/mol. The second-order valence-corrected chi connectivity index (χ2v) is 13.4. The Morgan fingerprint density at radius 1 is 1.02 bits per heavy atom. The van der Waals surface area contributed by atoms with E-state index in [1.54, 1.807) is 64.1 Å². The van der Waals surface area contributed by atoms with E-state index in [2.05, 4.69) is 20.3 Å². The van der Waals surface area contributed by atoms with Crippen LogP contribution in [0.2, 0.25) is 0 Å². The lowest BCUT2D eigenvalue weighted by atomic mass is 10.0. The zero-order valence-corrected chi connectivity index (χ0v) is 26.8. The lowest BCUT2D eigenvalue weighted by Crippen LogP contribution is -2.53. The topological polar surface area (TPSA) is 119 Å². The summed E-state index contributed by atoms with van der Waals surface area (Å²) >= 11 is 1.57. The van der Waals surface area contributed by atoms with Gasteiger partial charge in [0.15, 0.2) is 5.65 Å². The molecule has 1 fully saturated rings. The quantitative estimate of drug-likeness (QED) is 0.203. The highest BCUT2D eigenvalue weighted by molar-refractivity contribution is 7.22. The smallest absolute Gasteiger partial charge is 0.410 e. The molecule has 1 saturated heterocycles. The van der Waals surface area contributed by atoms with E-state index >= 15 is 4.39 Å². The zero-order valence-electron chi connectivity index (χ0n) is 26.0. The molecule has 1 atom stereocenters. The number of nitrogens with zero attached hydrogens (tertiary/aromatic N) is 8.